The summed E-state index contributed by atoms with van der Waals surface area (Å²) in [6, 6.07) is 0. The van der Waals surface area contributed by atoms with E-state index < -0.39 is 0 Å². The highest BCUT2D eigenvalue weighted by Crippen LogP contribution is 2.34. The van der Waals surface area contributed by atoms with Gasteiger partial charge >= 0.3 is 5.97 Å². The predicted molar refractivity (Wildman–Crippen MR) is 143 cm³/mol. The predicted octanol–water partition coefficient (Wildman–Crippen LogP) is 8.40. The summed E-state index contributed by atoms with van der Waals surface area (Å²) in [5.74, 6) is 1.82. The van der Waals surface area contributed by atoms with Crippen molar-refractivity contribution in [3.8, 4) is 0 Å². The van der Waals surface area contributed by atoms with E-state index in [-0.39, 0.29) is 12.3 Å². The van der Waals surface area contributed by atoms with Gasteiger partial charge in [0.25, 0.3) is 0 Å². The van der Waals surface area contributed by atoms with E-state index in [0.717, 1.165) is 38.5 Å². The van der Waals surface area contributed by atoms with Crippen LogP contribution in [0, 0.1) is 17.8 Å². The maximum atomic E-state index is 12.0. The fourth-order valence-corrected chi connectivity index (χ4v) is 4.80. The van der Waals surface area contributed by atoms with Gasteiger partial charge in [0.1, 0.15) is 0 Å². The average molecular weight is 479 g/mol. The van der Waals surface area contributed by atoms with E-state index in [1.54, 1.807) is 0 Å². The monoisotopic (exact) mass is 478 g/mol. The molecule has 1 rings (SSSR count). The largest absolute Gasteiger partial charge is 0.465 e. The van der Waals surface area contributed by atoms with Gasteiger partial charge in [-0.1, -0.05) is 62.8 Å². The first-order valence-corrected chi connectivity index (χ1v) is 14.0. The van der Waals surface area contributed by atoms with Crippen LogP contribution in [0.5, 0.6) is 0 Å². The Morgan fingerprint density at radius 2 is 1.59 bits per heavy atom. The van der Waals surface area contributed by atoms with Crippen molar-refractivity contribution in [3.05, 3.63) is 23.3 Å². The van der Waals surface area contributed by atoms with Crippen molar-refractivity contribution in [2.75, 3.05) is 19.8 Å². The fourth-order valence-electron chi connectivity index (χ4n) is 4.80. The number of hydrogen-bond donors (Lipinski definition) is 0. The molecule has 1 fully saturated rings. The lowest BCUT2D eigenvalue weighted by Gasteiger charge is -2.34. The van der Waals surface area contributed by atoms with Gasteiger partial charge in [0.15, 0.2) is 6.29 Å². The number of carbonyl (C=O) groups excluding carboxylic acids is 1. The molecular weight excluding hydrogens is 424 g/mol. The van der Waals surface area contributed by atoms with Crippen LogP contribution >= 0.6 is 0 Å². The molecule has 0 aliphatic carbocycles. The smallest absolute Gasteiger partial charge is 0.305 e. The summed E-state index contributed by atoms with van der Waals surface area (Å²) < 4.78 is 17.7. The molecule has 198 valence electrons. The lowest BCUT2D eigenvalue weighted by molar-refractivity contribution is -0.167. The van der Waals surface area contributed by atoms with Crippen molar-refractivity contribution in [1.29, 1.82) is 0 Å². The van der Waals surface area contributed by atoms with E-state index >= 15 is 0 Å². The average Bonchev–Trinajstić information content (AvgIpc) is 2.77. The first-order valence-electron chi connectivity index (χ1n) is 14.0. The van der Waals surface area contributed by atoms with E-state index in [2.05, 4.69) is 53.7 Å². The number of esters is 1. The van der Waals surface area contributed by atoms with Gasteiger partial charge in [0, 0.05) is 19.4 Å². The Balaban J connectivity index is 2.55. The molecular formula is C30H54O4. The molecule has 0 spiro atoms. The topological polar surface area (TPSA) is 44.8 Å². The van der Waals surface area contributed by atoms with Gasteiger partial charge in [-0.05, 0) is 84.0 Å². The molecule has 1 aliphatic rings. The van der Waals surface area contributed by atoms with Crippen LogP contribution in [0.25, 0.3) is 0 Å². The highest BCUT2D eigenvalue weighted by atomic mass is 16.7. The van der Waals surface area contributed by atoms with Crippen molar-refractivity contribution in [1.82, 2.24) is 0 Å². The quantitative estimate of drug-likeness (QED) is 0.143. The van der Waals surface area contributed by atoms with Crippen molar-refractivity contribution in [3.63, 3.8) is 0 Å². The molecule has 0 aromatic rings. The molecule has 0 radical (unpaired) electrons. The van der Waals surface area contributed by atoms with E-state index in [4.69, 9.17) is 14.2 Å². The zero-order chi connectivity index (χ0) is 25.2. The summed E-state index contributed by atoms with van der Waals surface area (Å²) in [6.07, 6.45) is 16.9. The third-order valence-corrected chi connectivity index (χ3v) is 7.00. The number of carbonyl (C=O) groups is 1. The molecule has 0 aromatic carbocycles. The Kier molecular flexibility index (Phi) is 17.4. The van der Waals surface area contributed by atoms with E-state index in [1.165, 1.54) is 36.8 Å². The maximum absolute atomic E-state index is 12.0. The van der Waals surface area contributed by atoms with Gasteiger partial charge < -0.3 is 14.2 Å². The lowest BCUT2D eigenvalue weighted by Crippen LogP contribution is -2.29. The Labute approximate surface area is 210 Å². The fraction of sp³-hybridized carbons (Fsp3) is 0.833. The number of ether oxygens (including phenoxy) is 3. The van der Waals surface area contributed by atoms with Crippen LogP contribution in [0.15, 0.2) is 23.3 Å². The Morgan fingerprint density at radius 1 is 0.912 bits per heavy atom. The van der Waals surface area contributed by atoms with Gasteiger partial charge in [-0.25, -0.2) is 0 Å². The van der Waals surface area contributed by atoms with E-state index in [0.29, 0.717) is 50.4 Å². The number of rotatable bonds is 14. The van der Waals surface area contributed by atoms with Gasteiger partial charge in [0.2, 0.25) is 0 Å². The second-order valence-corrected chi connectivity index (χ2v) is 10.7. The summed E-state index contributed by atoms with van der Waals surface area (Å²) in [4.78, 5) is 12.0. The Morgan fingerprint density at radius 3 is 2.26 bits per heavy atom. The second-order valence-electron chi connectivity index (χ2n) is 10.7. The Hall–Kier alpha value is -1.13. The Bertz CT molecular complexity index is 587. The molecule has 4 atom stereocenters. The summed E-state index contributed by atoms with van der Waals surface area (Å²) >= 11 is 0. The van der Waals surface area contributed by atoms with Crippen LogP contribution in [0.1, 0.15) is 119 Å². The molecule has 34 heavy (non-hydrogen) atoms. The van der Waals surface area contributed by atoms with E-state index in [9.17, 15) is 4.79 Å². The maximum Gasteiger partial charge on any atom is 0.305 e. The van der Waals surface area contributed by atoms with Crippen LogP contribution in [-0.4, -0.2) is 32.1 Å². The van der Waals surface area contributed by atoms with E-state index in [1.807, 2.05) is 0 Å². The molecule has 0 saturated carbocycles. The minimum Gasteiger partial charge on any atom is -0.465 e. The molecule has 0 N–H and O–H groups in total. The van der Waals surface area contributed by atoms with Gasteiger partial charge in [-0.3, -0.25) is 4.79 Å². The zero-order valence-electron chi connectivity index (χ0n) is 23.2. The highest BCUT2D eigenvalue weighted by molar-refractivity contribution is 5.69. The molecule has 0 bridgehead atoms. The molecule has 1 saturated heterocycles. The van der Waals surface area contributed by atoms with Crippen LogP contribution in [0.3, 0.4) is 0 Å². The van der Waals surface area contributed by atoms with Crippen molar-refractivity contribution in [2.45, 2.75) is 125 Å². The molecule has 1 heterocycles. The lowest BCUT2D eigenvalue weighted by atomic mass is 9.75. The molecule has 0 aromatic heterocycles. The van der Waals surface area contributed by atoms with Gasteiger partial charge in [-0.15, -0.1) is 0 Å². The van der Waals surface area contributed by atoms with Crippen molar-refractivity contribution < 1.29 is 19.0 Å². The SMILES string of the molecule is CCCCCCCC(=O)OCCC1OCCC(C)C(CC=C(C)C)C(CCC=C(C)C)CCO1. The van der Waals surface area contributed by atoms with Gasteiger partial charge in [0.05, 0.1) is 13.2 Å². The number of hydrogen-bond acceptors (Lipinski definition) is 4. The first kappa shape index (κ1) is 30.9. The minimum absolute atomic E-state index is 0.0913. The van der Waals surface area contributed by atoms with Crippen molar-refractivity contribution >= 4 is 5.97 Å². The van der Waals surface area contributed by atoms with Crippen LogP contribution < -0.4 is 0 Å². The normalized spacial score (nSPS) is 23.7. The van der Waals surface area contributed by atoms with Crippen LogP contribution in [0.2, 0.25) is 0 Å². The van der Waals surface area contributed by atoms with Crippen molar-refractivity contribution in [2.24, 2.45) is 17.8 Å². The third-order valence-electron chi connectivity index (χ3n) is 7.00. The zero-order valence-corrected chi connectivity index (χ0v) is 23.2. The first-order chi connectivity index (χ1) is 16.3. The summed E-state index contributed by atoms with van der Waals surface area (Å²) in [6.45, 7) is 15.1. The molecule has 1 aliphatic heterocycles. The summed E-state index contributed by atoms with van der Waals surface area (Å²) in [7, 11) is 0. The molecule has 4 nitrogen and oxygen atoms in total. The highest BCUT2D eigenvalue weighted by Gasteiger charge is 2.27. The summed E-state index contributed by atoms with van der Waals surface area (Å²) in [5, 5.41) is 0. The second kappa shape index (κ2) is 19.1. The van der Waals surface area contributed by atoms with Gasteiger partial charge in [-0.2, -0.15) is 0 Å². The summed E-state index contributed by atoms with van der Waals surface area (Å²) in [5.41, 5.74) is 2.80. The number of allylic oxidation sites excluding steroid dienone is 4. The minimum atomic E-state index is -0.280. The molecule has 4 heteroatoms. The van der Waals surface area contributed by atoms with Crippen LogP contribution in [-0.2, 0) is 19.0 Å². The van der Waals surface area contributed by atoms with Crippen LogP contribution in [0.4, 0.5) is 0 Å². The number of unbranched alkanes of at least 4 members (excludes halogenated alkanes) is 4. The standard InChI is InChI=1S/C30H54O4/c1-7-8-9-10-11-15-29(31)32-23-20-30-33-21-18-26(6)28(17-16-25(4)5)27(19-22-34-30)14-12-13-24(2)3/h13,16,26-28,30H,7-12,14-15,17-23H2,1-6H3. The molecule has 4 unspecified atom stereocenters. The molecule has 0 amide bonds. The third kappa shape index (κ3) is 15.0.